The number of nitrogens with zero attached hydrogens (tertiary/aromatic N) is 3. The van der Waals surface area contributed by atoms with Crippen molar-refractivity contribution in [3.63, 3.8) is 0 Å². The molecule has 0 unspecified atom stereocenters. The van der Waals surface area contributed by atoms with E-state index >= 15 is 8.78 Å². The van der Waals surface area contributed by atoms with Crippen LogP contribution in [0.3, 0.4) is 0 Å². The second kappa shape index (κ2) is 11.2. The predicted octanol–water partition coefficient (Wildman–Crippen LogP) is 12.1. The molecular weight excluding hydrogens is 633 g/mol. The van der Waals surface area contributed by atoms with Crippen LogP contribution in [0.4, 0.5) is 8.78 Å². The maximum atomic E-state index is 15.7. The lowest BCUT2D eigenvalue weighted by Crippen LogP contribution is -2.10. The Morgan fingerprint density at radius 3 is 1.47 bits per heavy atom. The number of aromatic nitrogens is 3. The summed E-state index contributed by atoms with van der Waals surface area (Å²) < 4.78 is 31.5. The Morgan fingerprint density at radius 1 is 0.333 bits per heavy atom. The first-order valence-electron chi connectivity index (χ1n) is 16.9. The fraction of sp³-hybridized carbons (Fsp3) is 0.0217. The lowest BCUT2D eigenvalue weighted by atomic mass is 9.92. The summed E-state index contributed by atoms with van der Waals surface area (Å²) >= 11 is 0. The van der Waals surface area contributed by atoms with Gasteiger partial charge in [0.05, 0.1) is 0 Å². The topological polar surface area (TPSA) is 38.7 Å². The zero-order valence-corrected chi connectivity index (χ0v) is 27.2. The first-order chi connectivity index (χ1) is 25.0. The Kier molecular flexibility index (Phi) is 6.46. The van der Waals surface area contributed by atoms with Crippen LogP contribution in [0.25, 0.3) is 88.7 Å². The fourth-order valence-electron chi connectivity index (χ4n) is 7.50. The zero-order valence-electron chi connectivity index (χ0n) is 27.2. The summed E-state index contributed by atoms with van der Waals surface area (Å²) in [5.41, 5.74) is 5.45. The highest BCUT2D eigenvalue weighted by Crippen LogP contribution is 2.52. The van der Waals surface area contributed by atoms with Crippen molar-refractivity contribution < 1.29 is 8.78 Å². The molecule has 9 aromatic rings. The fourth-order valence-corrected chi connectivity index (χ4v) is 7.50. The summed E-state index contributed by atoms with van der Waals surface area (Å²) in [6.07, 6.45) is 0. The van der Waals surface area contributed by atoms with Crippen LogP contribution < -0.4 is 0 Å². The van der Waals surface area contributed by atoms with Crippen LogP contribution in [-0.4, -0.2) is 15.0 Å². The highest BCUT2D eigenvalue weighted by Gasteiger charge is 2.44. The third-order valence-corrected chi connectivity index (χ3v) is 10.0. The molecule has 0 radical (unpaired) electrons. The molecule has 1 aromatic heterocycles. The van der Waals surface area contributed by atoms with Gasteiger partial charge >= 0.3 is 0 Å². The minimum Gasteiger partial charge on any atom is -0.208 e. The van der Waals surface area contributed by atoms with Crippen LogP contribution in [0.15, 0.2) is 164 Å². The number of hydrogen-bond donors (Lipinski definition) is 0. The summed E-state index contributed by atoms with van der Waals surface area (Å²) in [5, 5.41) is 6.32. The molecule has 0 bridgehead atoms. The monoisotopic (exact) mass is 659 g/mol. The molecule has 5 heteroatoms. The molecule has 1 aliphatic carbocycles. The molecule has 0 saturated heterocycles. The van der Waals surface area contributed by atoms with E-state index in [0.717, 1.165) is 60.1 Å². The van der Waals surface area contributed by atoms with Gasteiger partial charge in [0.25, 0.3) is 5.92 Å². The van der Waals surface area contributed by atoms with Crippen molar-refractivity contribution in [2.24, 2.45) is 0 Å². The van der Waals surface area contributed by atoms with Gasteiger partial charge in [-0.2, -0.15) is 8.78 Å². The largest absolute Gasteiger partial charge is 0.299 e. The van der Waals surface area contributed by atoms with Gasteiger partial charge in [-0.15, -0.1) is 0 Å². The van der Waals surface area contributed by atoms with E-state index in [0.29, 0.717) is 28.6 Å². The normalized spacial score (nSPS) is 13.1. The summed E-state index contributed by atoms with van der Waals surface area (Å²) in [5.74, 6) is -1.39. The predicted molar refractivity (Wildman–Crippen MR) is 203 cm³/mol. The molecule has 240 valence electrons. The van der Waals surface area contributed by atoms with Crippen LogP contribution in [0, 0.1) is 0 Å². The molecule has 1 aliphatic rings. The van der Waals surface area contributed by atoms with Gasteiger partial charge in [0.1, 0.15) is 0 Å². The number of alkyl halides is 2. The molecule has 0 atom stereocenters. The number of hydrogen-bond acceptors (Lipinski definition) is 3. The maximum absolute atomic E-state index is 15.7. The quantitative estimate of drug-likeness (QED) is 0.189. The third kappa shape index (κ3) is 4.73. The third-order valence-electron chi connectivity index (χ3n) is 10.0. The molecule has 51 heavy (non-hydrogen) atoms. The van der Waals surface area contributed by atoms with Crippen LogP contribution in [0.5, 0.6) is 0 Å². The Hall–Kier alpha value is -6.59. The van der Waals surface area contributed by atoms with Gasteiger partial charge in [0, 0.05) is 27.8 Å². The minimum atomic E-state index is -3.07. The average Bonchev–Trinajstić information content (AvgIpc) is 3.42. The van der Waals surface area contributed by atoms with Crippen LogP contribution in [0.2, 0.25) is 0 Å². The van der Waals surface area contributed by atoms with Gasteiger partial charge < -0.3 is 0 Å². The Morgan fingerprint density at radius 2 is 0.804 bits per heavy atom. The number of fused-ring (bicyclic) bond motifs is 6. The zero-order chi connectivity index (χ0) is 34.1. The molecular formula is C46H27F2N3. The Bertz CT molecular complexity index is 2760. The van der Waals surface area contributed by atoms with Crippen molar-refractivity contribution in [2.45, 2.75) is 5.92 Å². The number of rotatable bonds is 4. The Balaban J connectivity index is 1.15. The van der Waals surface area contributed by atoms with Crippen molar-refractivity contribution in [1.29, 1.82) is 0 Å². The van der Waals surface area contributed by atoms with E-state index in [-0.39, 0.29) is 11.1 Å². The second-order valence-electron chi connectivity index (χ2n) is 13.0. The van der Waals surface area contributed by atoms with E-state index < -0.39 is 5.92 Å². The molecule has 1 heterocycles. The molecule has 10 rings (SSSR count). The summed E-state index contributed by atoms with van der Waals surface area (Å²) in [7, 11) is 0. The Labute approximate surface area is 292 Å². The van der Waals surface area contributed by atoms with Crippen LogP contribution in [-0.2, 0) is 5.92 Å². The van der Waals surface area contributed by atoms with Gasteiger partial charge in [-0.25, -0.2) is 15.0 Å². The number of benzene rings is 8. The summed E-state index contributed by atoms with van der Waals surface area (Å²) in [6, 6.07) is 53.2. The van der Waals surface area contributed by atoms with E-state index in [4.69, 9.17) is 15.0 Å². The van der Waals surface area contributed by atoms with Gasteiger partial charge in [-0.3, -0.25) is 0 Å². The van der Waals surface area contributed by atoms with E-state index in [9.17, 15) is 0 Å². The molecule has 0 saturated carbocycles. The average molecular weight is 660 g/mol. The van der Waals surface area contributed by atoms with Gasteiger partial charge in [0.15, 0.2) is 17.5 Å². The SMILES string of the molecule is FC1(F)c2ccccc2-c2ccc(-c3ccc(-c4nc(-c5ccc6ccccc6c5)nc(-c5ccc6ccccc6c5)n4)c4ccccc34)cc21. The summed E-state index contributed by atoms with van der Waals surface area (Å²) in [6.45, 7) is 0. The molecule has 3 nitrogen and oxygen atoms in total. The lowest BCUT2D eigenvalue weighted by molar-refractivity contribution is 0.0480. The van der Waals surface area contributed by atoms with E-state index in [2.05, 4.69) is 60.7 Å². The maximum Gasteiger partial charge on any atom is 0.299 e. The van der Waals surface area contributed by atoms with Gasteiger partial charge in [0.2, 0.25) is 0 Å². The molecule has 0 aliphatic heterocycles. The smallest absolute Gasteiger partial charge is 0.208 e. The first-order valence-corrected chi connectivity index (χ1v) is 16.9. The first kappa shape index (κ1) is 29.3. The van der Waals surface area contributed by atoms with E-state index in [1.165, 1.54) is 6.07 Å². The minimum absolute atomic E-state index is 0.0341. The van der Waals surface area contributed by atoms with Crippen molar-refractivity contribution in [2.75, 3.05) is 0 Å². The highest BCUT2D eigenvalue weighted by atomic mass is 19.3. The van der Waals surface area contributed by atoms with Gasteiger partial charge in [-0.1, -0.05) is 140 Å². The van der Waals surface area contributed by atoms with Crippen molar-refractivity contribution in [1.82, 2.24) is 15.0 Å². The lowest BCUT2D eigenvalue weighted by Gasteiger charge is -2.15. The van der Waals surface area contributed by atoms with Crippen LogP contribution in [0.1, 0.15) is 11.1 Å². The second-order valence-corrected chi connectivity index (χ2v) is 13.0. The van der Waals surface area contributed by atoms with Crippen molar-refractivity contribution >= 4 is 32.3 Å². The summed E-state index contributed by atoms with van der Waals surface area (Å²) in [4.78, 5) is 15.2. The van der Waals surface area contributed by atoms with E-state index in [1.807, 2.05) is 78.9 Å². The molecule has 0 amide bonds. The van der Waals surface area contributed by atoms with Crippen molar-refractivity contribution in [3.8, 4) is 56.4 Å². The number of halogens is 2. The molecule has 8 aromatic carbocycles. The molecule has 0 N–H and O–H groups in total. The molecule has 0 fully saturated rings. The standard InChI is InChI=1S/C46H27F2N3/c47-46(48)41-16-8-7-15-38(41)39-22-21-32(27-42(39)46)35-23-24-40(37-14-6-5-13-36(35)37)45-50-43(33-19-17-28-9-1-3-11-30(28)25-33)49-44(51-45)34-20-18-29-10-2-4-12-31(29)26-34/h1-27H. The van der Waals surface area contributed by atoms with Crippen LogP contribution >= 0.6 is 0 Å². The van der Waals surface area contributed by atoms with Gasteiger partial charge in [-0.05, 0) is 78.8 Å². The van der Waals surface area contributed by atoms with Crippen molar-refractivity contribution in [3.05, 3.63) is 175 Å². The molecule has 0 spiro atoms. The van der Waals surface area contributed by atoms with E-state index in [1.54, 1.807) is 18.2 Å². The highest BCUT2D eigenvalue weighted by molar-refractivity contribution is 6.04.